The van der Waals surface area contributed by atoms with Crippen LogP contribution in [0.15, 0.2) is 53.7 Å². The number of carbonyl (C=O) groups is 5. The van der Waals surface area contributed by atoms with Crippen molar-refractivity contribution in [2.24, 2.45) is 22.2 Å². The van der Waals surface area contributed by atoms with Crippen molar-refractivity contribution in [3.8, 4) is 11.5 Å². The molecule has 14 nitrogen and oxygen atoms in total. The Morgan fingerprint density at radius 1 is 1.04 bits per heavy atom. The van der Waals surface area contributed by atoms with E-state index in [2.05, 4.69) is 15.8 Å². The number of nitrogens with zero attached hydrogens (tertiary/aromatic N) is 2. The minimum Gasteiger partial charge on any atom is -0.497 e. The van der Waals surface area contributed by atoms with Crippen LogP contribution < -0.4 is 25.8 Å². The molecule has 5 rings (SSSR count). The van der Waals surface area contributed by atoms with Gasteiger partial charge in [-0.2, -0.15) is 0 Å². The summed E-state index contributed by atoms with van der Waals surface area (Å²) in [4.78, 5) is 74.0. The van der Waals surface area contributed by atoms with Gasteiger partial charge in [-0.3, -0.25) is 19.2 Å². The number of oxime groups is 1. The van der Waals surface area contributed by atoms with Crippen LogP contribution in [0.25, 0.3) is 0 Å². The lowest BCUT2D eigenvalue weighted by Crippen LogP contribution is -2.59. The van der Waals surface area contributed by atoms with Crippen molar-refractivity contribution in [1.29, 1.82) is 0 Å². The monoisotopic (exact) mass is 705 g/mol. The molecule has 4 N–H and O–H groups in total. The van der Waals surface area contributed by atoms with Crippen LogP contribution in [0.4, 0.5) is 4.79 Å². The van der Waals surface area contributed by atoms with Gasteiger partial charge in [-0.1, -0.05) is 75.5 Å². The summed E-state index contributed by atoms with van der Waals surface area (Å²) < 4.78 is 16.4. The van der Waals surface area contributed by atoms with E-state index in [9.17, 15) is 24.0 Å². The number of carbonyl (C=O) groups excluding carboxylic acids is 5. The zero-order valence-corrected chi connectivity index (χ0v) is 29.7. The van der Waals surface area contributed by atoms with E-state index in [4.69, 9.17) is 24.8 Å². The van der Waals surface area contributed by atoms with Crippen molar-refractivity contribution in [2.45, 2.75) is 89.6 Å². The number of hydrogen-bond acceptors (Lipinski definition) is 10. The van der Waals surface area contributed by atoms with Crippen molar-refractivity contribution in [3.63, 3.8) is 0 Å². The van der Waals surface area contributed by atoms with E-state index in [0.717, 1.165) is 24.8 Å². The minimum absolute atomic E-state index is 0.00532. The normalized spacial score (nSPS) is 21.1. The number of likely N-dealkylation sites (tertiary alicyclic amines) is 1. The second-order valence-electron chi connectivity index (χ2n) is 14.6. The first-order chi connectivity index (χ1) is 24.2. The number of alkyl carbamates (subject to hydrolysis) is 1. The number of amides is 4. The SMILES string of the molecule is COc1ccc(C2=NO[C@@]3(C2)C[C@@H](C(=O)NC(CC2CCC2)C(=O)C(N)=O)N(C(=O)[C@@H](NC(=O)OCc2ccccc2)C(C)(C)C)C3)c(OC)c1. The van der Waals surface area contributed by atoms with E-state index in [1.165, 1.54) is 12.0 Å². The Bertz CT molecular complexity index is 1670. The first kappa shape index (κ1) is 37.1. The fourth-order valence-corrected chi connectivity index (χ4v) is 6.74. The third-order valence-electron chi connectivity index (χ3n) is 9.80. The smallest absolute Gasteiger partial charge is 0.408 e. The van der Waals surface area contributed by atoms with Crippen molar-refractivity contribution in [3.05, 3.63) is 59.7 Å². The molecule has 1 spiro atoms. The van der Waals surface area contributed by atoms with E-state index < -0.39 is 58.7 Å². The molecule has 0 aromatic heterocycles. The Hall–Kier alpha value is -5.14. The lowest BCUT2D eigenvalue weighted by atomic mass is 9.80. The van der Waals surface area contributed by atoms with Crippen LogP contribution in [0.1, 0.15) is 70.4 Å². The fraction of sp³-hybridized carbons (Fsp3) is 0.514. The Morgan fingerprint density at radius 3 is 2.37 bits per heavy atom. The Kier molecular flexibility index (Phi) is 11.2. The van der Waals surface area contributed by atoms with Gasteiger partial charge in [-0.15, -0.1) is 0 Å². The first-order valence-corrected chi connectivity index (χ1v) is 17.1. The number of nitrogens with one attached hydrogen (secondary N) is 2. The zero-order valence-electron chi connectivity index (χ0n) is 29.7. The van der Waals surface area contributed by atoms with Crippen LogP contribution in [-0.4, -0.2) is 84.7 Å². The lowest BCUT2D eigenvalue weighted by molar-refractivity contribution is -0.144. The van der Waals surface area contributed by atoms with Crippen molar-refractivity contribution >= 4 is 35.3 Å². The second kappa shape index (κ2) is 15.4. The van der Waals surface area contributed by atoms with Crippen LogP contribution in [0.2, 0.25) is 0 Å². The third kappa shape index (κ3) is 8.61. The molecule has 1 unspecified atom stereocenters. The summed E-state index contributed by atoms with van der Waals surface area (Å²) in [5.41, 5.74) is 5.41. The highest BCUT2D eigenvalue weighted by Crippen LogP contribution is 2.41. The topological polar surface area (TPSA) is 188 Å². The minimum atomic E-state index is -1.15. The number of rotatable bonds is 13. The molecule has 14 heteroatoms. The Labute approximate surface area is 297 Å². The van der Waals surface area contributed by atoms with Gasteiger partial charge in [0.2, 0.25) is 17.6 Å². The van der Waals surface area contributed by atoms with Gasteiger partial charge in [0.1, 0.15) is 30.2 Å². The van der Waals surface area contributed by atoms with E-state index in [1.807, 2.05) is 30.3 Å². The summed E-state index contributed by atoms with van der Waals surface area (Å²) in [7, 11) is 3.07. The van der Waals surface area contributed by atoms with Crippen LogP contribution >= 0.6 is 0 Å². The molecule has 2 aliphatic heterocycles. The number of Topliss-reactive ketones (excluding diaryl/α,β-unsaturated/α-hetero) is 1. The van der Waals surface area contributed by atoms with Gasteiger partial charge in [0.25, 0.3) is 5.91 Å². The standard InChI is InChI=1S/C37H47N5O9/c1-36(2,3)31(40-35(47)50-20-23-10-7-6-8-11-23)34(46)42-21-37(18-27(41-51-37)25-15-14-24(48-4)17-29(25)49-5)19-28(42)33(45)39-26(30(43)32(38)44)16-22-12-9-13-22/h6-8,10-11,14-15,17,22,26,28,31H,9,12-13,16,18-21H2,1-5H3,(H2,38,44)(H,39,45)(H,40,47)/t26?,28-,31+,37-/m0/s1. The number of benzene rings is 2. The molecular formula is C37H47N5O9. The van der Waals surface area contributed by atoms with Crippen LogP contribution in [-0.2, 0) is 35.4 Å². The predicted molar refractivity (Wildman–Crippen MR) is 186 cm³/mol. The summed E-state index contributed by atoms with van der Waals surface area (Å²) >= 11 is 0. The highest BCUT2D eigenvalue weighted by Gasteiger charge is 2.56. The van der Waals surface area contributed by atoms with Gasteiger partial charge in [-0.05, 0) is 35.4 Å². The van der Waals surface area contributed by atoms with Gasteiger partial charge in [0, 0.05) is 24.5 Å². The molecule has 4 amide bonds. The van der Waals surface area contributed by atoms with Gasteiger partial charge in [0.15, 0.2) is 5.60 Å². The molecule has 3 aliphatic rings. The highest BCUT2D eigenvalue weighted by molar-refractivity contribution is 6.37. The molecular weight excluding hydrogens is 658 g/mol. The number of primary amides is 1. The van der Waals surface area contributed by atoms with Gasteiger partial charge in [-0.25, -0.2) is 4.79 Å². The molecule has 2 fully saturated rings. The van der Waals surface area contributed by atoms with Gasteiger partial charge in [0.05, 0.1) is 32.5 Å². The molecule has 0 bridgehead atoms. The number of nitrogens with two attached hydrogens (primary N) is 1. The summed E-state index contributed by atoms with van der Waals surface area (Å²) in [6.45, 7) is 5.31. The molecule has 1 saturated heterocycles. The third-order valence-corrected chi connectivity index (χ3v) is 9.80. The number of ether oxygens (including phenoxy) is 3. The summed E-state index contributed by atoms with van der Waals surface area (Å²) in [5, 5.41) is 9.84. The Morgan fingerprint density at radius 2 is 1.76 bits per heavy atom. The largest absolute Gasteiger partial charge is 0.497 e. The quantitative estimate of drug-likeness (QED) is 0.263. The van der Waals surface area contributed by atoms with Gasteiger partial charge < -0.3 is 40.3 Å². The molecule has 51 heavy (non-hydrogen) atoms. The van der Waals surface area contributed by atoms with Crippen LogP contribution in [0, 0.1) is 11.3 Å². The average molecular weight is 706 g/mol. The molecule has 2 aromatic rings. The molecule has 2 aromatic carbocycles. The summed E-state index contributed by atoms with van der Waals surface area (Å²) in [5.74, 6) is -1.98. The second-order valence-corrected chi connectivity index (χ2v) is 14.6. The van der Waals surface area contributed by atoms with E-state index in [-0.39, 0.29) is 38.3 Å². The number of hydrogen-bond donors (Lipinski definition) is 3. The van der Waals surface area contributed by atoms with Crippen molar-refractivity contribution in [2.75, 3.05) is 20.8 Å². The number of ketones is 1. The maximum absolute atomic E-state index is 14.5. The van der Waals surface area contributed by atoms with E-state index >= 15 is 0 Å². The van der Waals surface area contributed by atoms with E-state index in [1.54, 1.807) is 46.1 Å². The maximum atomic E-state index is 14.5. The molecule has 4 atom stereocenters. The number of methoxy groups -OCH3 is 2. The summed E-state index contributed by atoms with van der Waals surface area (Å²) in [6.07, 6.45) is 2.45. The Balaban J connectivity index is 1.41. The molecule has 1 saturated carbocycles. The average Bonchev–Trinajstić information content (AvgIpc) is 3.69. The molecule has 274 valence electrons. The summed E-state index contributed by atoms with van der Waals surface area (Å²) in [6, 6.07) is 11.0. The molecule has 0 radical (unpaired) electrons. The van der Waals surface area contributed by atoms with Crippen LogP contribution in [0.5, 0.6) is 11.5 Å². The molecule has 1 aliphatic carbocycles. The van der Waals surface area contributed by atoms with Gasteiger partial charge >= 0.3 is 6.09 Å². The predicted octanol–water partition coefficient (Wildman–Crippen LogP) is 3.24. The lowest BCUT2D eigenvalue weighted by Gasteiger charge is -2.35. The van der Waals surface area contributed by atoms with Crippen molar-refractivity contribution < 1.29 is 43.0 Å². The van der Waals surface area contributed by atoms with E-state index in [0.29, 0.717) is 22.8 Å². The fourth-order valence-electron chi connectivity index (χ4n) is 6.74. The van der Waals surface area contributed by atoms with Crippen molar-refractivity contribution in [1.82, 2.24) is 15.5 Å². The first-order valence-electron chi connectivity index (χ1n) is 17.1. The van der Waals surface area contributed by atoms with Crippen LogP contribution in [0.3, 0.4) is 0 Å². The maximum Gasteiger partial charge on any atom is 0.408 e. The molecule has 2 heterocycles. The zero-order chi connectivity index (χ0) is 36.9. The highest BCUT2D eigenvalue weighted by atomic mass is 16.7.